The van der Waals surface area contributed by atoms with Crippen LogP contribution in [0.15, 0.2) is 73.2 Å². The monoisotopic (exact) mass is 345 g/mol. The van der Waals surface area contributed by atoms with Gasteiger partial charge in [0, 0.05) is 12.5 Å². The molecule has 2 aromatic carbocycles. The van der Waals surface area contributed by atoms with Gasteiger partial charge < -0.3 is 0 Å². The number of hydrogen-bond acceptors (Lipinski definition) is 5. The Morgan fingerprint density at radius 2 is 1.50 bits per heavy atom. The van der Waals surface area contributed by atoms with Gasteiger partial charge in [0.05, 0.1) is 12.7 Å². The number of hydrogen-bond donors (Lipinski definition) is 0. The van der Waals surface area contributed by atoms with Crippen LogP contribution in [0.4, 0.5) is 0 Å². The molecule has 0 spiro atoms. The third-order valence-corrected chi connectivity index (χ3v) is 4.35. The molecule has 4 rings (SSSR count). The lowest BCUT2D eigenvalue weighted by atomic mass is 9.88. The first-order valence-corrected chi connectivity index (χ1v) is 8.58. The van der Waals surface area contributed by atoms with Crippen LogP contribution in [0.5, 0.6) is 0 Å². The van der Waals surface area contributed by atoms with Gasteiger partial charge in [0.1, 0.15) is 12.0 Å². The first kappa shape index (κ1) is 16.1. The topological polar surface area (TPSA) is 74.3 Å². The summed E-state index contributed by atoms with van der Waals surface area (Å²) in [5.41, 5.74) is 3.47. The highest BCUT2D eigenvalue weighted by Gasteiger charge is 2.14. The Hall–Kier alpha value is -3.35. The van der Waals surface area contributed by atoms with Gasteiger partial charge in [0.15, 0.2) is 0 Å². The molecule has 0 saturated carbocycles. The quantitative estimate of drug-likeness (QED) is 0.514. The minimum Gasteiger partial charge on any atom is -0.252 e. The second-order valence-corrected chi connectivity index (χ2v) is 6.14. The van der Waals surface area contributed by atoms with Crippen LogP contribution in [-0.2, 0) is 13.1 Å². The zero-order valence-electron chi connectivity index (χ0n) is 14.3. The Balaban J connectivity index is 1.48. The van der Waals surface area contributed by atoms with Crippen LogP contribution in [0.25, 0.3) is 0 Å². The normalized spacial score (nSPS) is 11.1. The molecule has 0 unspecified atom stereocenters. The summed E-state index contributed by atoms with van der Waals surface area (Å²) in [6, 6.07) is 21.2. The molecule has 0 N–H and O–H groups in total. The van der Waals surface area contributed by atoms with Gasteiger partial charge in [-0.1, -0.05) is 65.9 Å². The van der Waals surface area contributed by atoms with Crippen molar-refractivity contribution in [3.05, 3.63) is 90.0 Å². The largest absolute Gasteiger partial charge is 0.252 e. The zero-order valence-corrected chi connectivity index (χ0v) is 14.3. The first-order valence-electron chi connectivity index (χ1n) is 8.58. The van der Waals surface area contributed by atoms with Crippen LogP contribution in [-0.4, -0.2) is 35.2 Å². The van der Waals surface area contributed by atoms with Crippen molar-refractivity contribution < 1.29 is 0 Å². The maximum Gasteiger partial charge on any atom is 0.138 e. The highest BCUT2D eigenvalue weighted by atomic mass is 15.5. The molecular formula is C19H19N7. The van der Waals surface area contributed by atoms with E-state index < -0.39 is 0 Å². The molecule has 0 aliphatic rings. The Morgan fingerprint density at radius 3 is 2.12 bits per heavy atom. The number of aryl methyl sites for hydroxylation is 1. The molecule has 2 aromatic heterocycles. The van der Waals surface area contributed by atoms with Crippen molar-refractivity contribution in [1.29, 1.82) is 0 Å². The van der Waals surface area contributed by atoms with Crippen molar-refractivity contribution in [1.82, 2.24) is 35.2 Å². The summed E-state index contributed by atoms with van der Waals surface area (Å²) in [6.45, 7) is 1.31. The summed E-state index contributed by atoms with van der Waals surface area (Å²) in [6.07, 6.45) is 4.47. The molecule has 7 nitrogen and oxygen atoms in total. The molecule has 0 aliphatic carbocycles. The van der Waals surface area contributed by atoms with Gasteiger partial charge in [-0.25, -0.2) is 4.68 Å². The fraction of sp³-hybridized carbons (Fsp3) is 0.211. The Bertz CT molecular complexity index is 877. The minimum absolute atomic E-state index is 0.324. The standard InChI is InChI=1S/C19H19N7/c1-3-7-16(8-4-1)19(17-9-5-2-6-10-17)11-12-25-13-18(21-23-25)14-26-15-20-22-24-26/h1-10,13,15,19H,11-12,14H2. The number of rotatable bonds is 7. The molecule has 0 fully saturated rings. The minimum atomic E-state index is 0.324. The third-order valence-electron chi connectivity index (χ3n) is 4.35. The van der Waals surface area contributed by atoms with E-state index in [1.165, 1.54) is 11.1 Å². The molecule has 0 bridgehead atoms. The van der Waals surface area contributed by atoms with Crippen molar-refractivity contribution in [2.24, 2.45) is 0 Å². The summed E-state index contributed by atoms with van der Waals surface area (Å²) in [7, 11) is 0. The third kappa shape index (κ3) is 3.83. The highest BCUT2D eigenvalue weighted by molar-refractivity contribution is 5.32. The van der Waals surface area contributed by atoms with Gasteiger partial charge in [-0.3, -0.25) is 4.68 Å². The van der Waals surface area contributed by atoms with Crippen molar-refractivity contribution in [3.63, 3.8) is 0 Å². The van der Waals surface area contributed by atoms with Gasteiger partial charge in [-0.15, -0.1) is 10.2 Å². The van der Waals surface area contributed by atoms with Crippen LogP contribution in [0.2, 0.25) is 0 Å². The Labute approximate surface area is 151 Å². The molecule has 0 amide bonds. The second-order valence-electron chi connectivity index (χ2n) is 6.14. The predicted octanol–water partition coefficient (Wildman–Crippen LogP) is 2.54. The van der Waals surface area contributed by atoms with Gasteiger partial charge >= 0.3 is 0 Å². The van der Waals surface area contributed by atoms with E-state index in [4.69, 9.17) is 0 Å². The molecule has 0 saturated heterocycles. The van der Waals surface area contributed by atoms with E-state index >= 15 is 0 Å². The molecule has 4 aromatic rings. The van der Waals surface area contributed by atoms with Crippen LogP contribution in [0, 0.1) is 0 Å². The van der Waals surface area contributed by atoms with Gasteiger partial charge in [-0.2, -0.15) is 0 Å². The lowest BCUT2D eigenvalue weighted by molar-refractivity contribution is 0.532. The van der Waals surface area contributed by atoms with Crippen molar-refractivity contribution in [2.75, 3.05) is 0 Å². The van der Waals surface area contributed by atoms with E-state index in [0.29, 0.717) is 12.5 Å². The van der Waals surface area contributed by atoms with Crippen LogP contribution in [0.3, 0.4) is 0 Å². The molecule has 130 valence electrons. The molecule has 0 radical (unpaired) electrons. The predicted molar refractivity (Wildman–Crippen MR) is 96.3 cm³/mol. The van der Waals surface area contributed by atoms with E-state index in [1.807, 2.05) is 23.0 Å². The van der Waals surface area contributed by atoms with Crippen LogP contribution in [0.1, 0.15) is 29.2 Å². The smallest absolute Gasteiger partial charge is 0.138 e. The molecule has 2 heterocycles. The first-order chi connectivity index (χ1) is 12.9. The van der Waals surface area contributed by atoms with Crippen molar-refractivity contribution in [2.45, 2.75) is 25.4 Å². The molecule has 26 heavy (non-hydrogen) atoms. The van der Waals surface area contributed by atoms with Crippen LogP contribution >= 0.6 is 0 Å². The second kappa shape index (κ2) is 7.69. The van der Waals surface area contributed by atoms with Gasteiger partial charge in [0.25, 0.3) is 0 Å². The maximum absolute atomic E-state index is 4.24. The van der Waals surface area contributed by atoms with E-state index in [2.05, 4.69) is 74.4 Å². The average Bonchev–Trinajstić information content (AvgIpc) is 3.36. The fourth-order valence-electron chi connectivity index (χ4n) is 3.10. The lowest BCUT2D eigenvalue weighted by Crippen LogP contribution is -2.07. The summed E-state index contributed by atoms with van der Waals surface area (Å²) in [5.74, 6) is 0.324. The Kier molecular flexibility index (Phi) is 4.77. The molecule has 7 heteroatoms. The van der Waals surface area contributed by atoms with E-state index in [-0.39, 0.29) is 0 Å². The maximum atomic E-state index is 4.24. The van der Waals surface area contributed by atoms with E-state index in [9.17, 15) is 0 Å². The van der Waals surface area contributed by atoms with E-state index in [0.717, 1.165) is 18.7 Å². The van der Waals surface area contributed by atoms with Crippen LogP contribution < -0.4 is 0 Å². The number of tetrazole rings is 1. The summed E-state index contributed by atoms with van der Waals surface area (Å²) in [4.78, 5) is 0. The number of benzene rings is 2. The fourth-order valence-corrected chi connectivity index (χ4v) is 3.10. The number of nitrogens with zero attached hydrogens (tertiary/aromatic N) is 7. The number of aromatic nitrogens is 7. The summed E-state index contributed by atoms with van der Waals surface area (Å²) < 4.78 is 3.52. The molecule has 0 atom stereocenters. The Morgan fingerprint density at radius 1 is 0.808 bits per heavy atom. The lowest BCUT2D eigenvalue weighted by Gasteiger charge is -2.18. The summed E-state index contributed by atoms with van der Waals surface area (Å²) >= 11 is 0. The zero-order chi connectivity index (χ0) is 17.6. The van der Waals surface area contributed by atoms with Gasteiger partial charge in [-0.05, 0) is 28.0 Å². The highest BCUT2D eigenvalue weighted by Crippen LogP contribution is 2.28. The van der Waals surface area contributed by atoms with Crippen molar-refractivity contribution >= 4 is 0 Å². The average molecular weight is 345 g/mol. The van der Waals surface area contributed by atoms with Gasteiger partial charge in [0.2, 0.25) is 0 Å². The molecular weight excluding hydrogens is 326 g/mol. The molecule has 0 aliphatic heterocycles. The summed E-state index contributed by atoms with van der Waals surface area (Å²) in [5, 5.41) is 19.6. The van der Waals surface area contributed by atoms with E-state index in [1.54, 1.807) is 11.0 Å². The van der Waals surface area contributed by atoms with Crippen molar-refractivity contribution in [3.8, 4) is 0 Å². The SMILES string of the molecule is c1ccc(C(CCn2cc(Cn3cnnn3)nn2)c2ccccc2)cc1.